The van der Waals surface area contributed by atoms with Gasteiger partial charge in [0.2, 0.25) is 15.9 Å². The Kier molecular flexibility index (Phi) is 5.69. The fourth-order valence-corrected chi connectivity index (χ4v) is 4.88. The summed E-state index contributed by atoms with van der Waals surface area (Å²) in [5.41, 5.74) is 2.06. The van der Waals surface area contributed by atoms with E-state index in [1.165, 1.54) is 17.1 Å². The van der Waals surface area contributed by atoms with Gasteiger partial charge < -0.3 is 5.32 Å². The normalized spacial score (nSPS) is 20.7. The van der Waals surface area contributed by atoms with Gasteiger partial charge in [0.15, 0.2) is 0 Å². The summed E-state index contributed by atoms with van der Waals surface area (Å²) < 4.78 is 27.2. The summed E-state index contributed by atoms with van der Waals surface area (Å²) in [7, 11) is -3.47. The third-order valence-electron chi connectivity index (χ3n) is 5.53. The molecular weight excluding hydrogens is 350 g/mol. The molecule has 26 heavy (non-hydrogen) atoms. The van der Waals surface area contributed by atoms with Gasteiger partial charge in [0.1, 0.15) is 0 Å². The minimum absolute atomic E-state index is 0.0369. The maximum Gasteiger partial charge on any atom is 0.243 e. The largest absolute Gasteiger partial charge is 0.352 e. The van der Waals surface area contributed by atoms with Gasteiger partial charge in [-0.05, 0) is 62.8 Å². The molecule has 2 aliphatic rings. The Morgan fingerprint density at radius 2 is 1.81 bits per heavy atom. The SMILES string of the molecule is Cc1ccc(S(=O)(=O)N2CCN(CC(=O)NC(C)C3CC3)CC2)cc1C. The van der Waals surface area contributed by atoms with Gasteiger partial charge in [-0.2, -0.15) is 4.31 Å². The van der Waals surface area contributed by atoms with Crippen LogP contribution in [0.3, 0.4) is 0 Å². The fourth-order valence-electron chi connectivity index (χ4n) is 3.37. The van der Waals surface area contributed by atoms with Crippen molar-refractivity contribution in [2.24, 2.45) is 5.92 Å². The van der Waals surface area contributed by atoms with E-state index < -0.39 is 10.0 Å². The van der Waals surface area contributed by atoms with Crippen molar-refractivity contribution in [3.8, 4) is 0 Å². The van der Waals surface area contributed by atoms with Gasteiger partial charge in [0.05, 0.1) is 11.4 Å². The third-order valence-corrected chi connectivity index (χ3v) is 7.43. The standard InChI is InChI=1S/C19H29N3O3S/c1-14-4-7-18(12-15(14)2)26(24,25)22-10-8-21(9-11-22)13-19(23)20-16(3)17-5-6-17/h4,7,12,16-17H,5-6,8-11,13H2,1-3H3,(H,20,23). The Morgan fingerprint density at radius 3 is 2.38 bits per heavy atom. The van der Waals surface area contributed by atoms with Crippen LogP contribution in [-0.2, 0) is 14.8 Å². The number of carbonyl (C=O) groups is 1. The third kappa shape index (κ3) is 4.45. The van der Waals surface area contributed by atoms with Crippen LogP contribution in [-0.4, -0.2) is 62.3 Å². The lowest BCUT2D eigenvalue weighted by Gasteiger charge is -2.33. The zero-order chi connectivity index (χ0) is 18.9. The predicted molar refractivity (Wildman–Crippen MR) is 101 cm³/mol. The van der Waals surface area contributed by atoms with Crippen LogP contribution in [0, 0.1) is 19.8 Å². The van der Waals surface area contributed by atoms with Crippen LogP contribution >= 0.6 is 0 Å². The van der Waals surface area contributed by atoms with E-state index in [2.05, 4.69) is 12.2 Å². The summed E-state index contributed by atoms with van der Waals surface area (Å²) in [6.07, 6.45) is 2.41. The summed E-state index contributed by atoms with van der Waals surface area (Å²) in [4.78, 5) is 14.5. The number of aryl methyl sites for hydroxylation is 2. The first-order chi connectivity index (χ1) is 12.3. The van der Waals surface area contributed by atoms with E-state index in [4.69, 9.17) is 0 Å². The monoisotopic (exact) mass is 379 g/mol. The summed E-state index contributed by atoms with van der Waals surface area (Å²) in [5.74, 6) is 0.675. The molecule has 0 radical (unpaired) electrons. The number of hydrogen-bond acceptors (Lipinski definition) is 4. The maximum atomic E-state index is 12.8. The lowest BCUT2D eigenvalue weighted by molar-refractivity contribution is -0.123. The second-order valence-corrected chi connectivity index (χ2v) is 9.56. The number of sulfonamides is 1. The van der Waals surface area contributed by atoms with Gasteiger partial charge in [-0.15, -0.1) is 0 Å². The van der Waals surface area contributed by atoms with Crippen molar-refractivity contribution in [1.29, 1.82) is 0 Å². The molecule has 0 spiro atoms. The Hall–Kier alpha value is -1.44. The van der Waals surface area contributed by atoms with Crippen molar-refractivity contribution in [2.45, 2.75) is 44.6 Å². The van der Waals surface area contributed by atoms with Crippen molar-refractivity contribution in [1.82, 2.24) is 14.5 Å². The smallest absolute Gasteiger partial charge is 0.243 e. The quantitative estimate of drug-likeness (QED) is 0.814. The highest BCUT2D eigenvalue weighted by Crippen LogP contribution is 2.32. The van der Waals surface area contributed by atoms with Crippen LogP contribution in [0.25, 0.3) is 0 Å². The van der Waals surface area contributed by atoms with Crippen molar-refractivity contribution >= 4 is 15.9 Å². The lowest BCUT2D eigenvalue weighted by atomic mass is 10.1. The van der Waals surface area contributed by atoms with Gasteiger partial charge in [-0.3, -0.25) is 9.69 Å². The second kappa shape index (κ2) is 7.66. The molecular formula is C19H29N3O3S. The van der Waals surface area contributed by atoms with Gasteiger partial charge >= 0.3 is 0 Å². The molecule has 1 aliphatic heterocycles. The molecule has 3 rings (SSSR count). The summed E-state index contributed by atoms with van der Waals surface area (Å²) in [6.45, 7) is 8.29. The molecule has 1 aromatic carbocycles. The molecule has 1 atom stereocenters. The fraction of sp³-hybridized carbons (Fsp3) is 0.632. The van der Waals surface area contributed by atoms with Crippen LogP contribution in [0.5, 0.6) is 0 Å². The number of hydrogen-bond donors (Lipinski definition) is 1. The van der Waals surface area contributed by atoms with Crippen LogP contribution in [0.1, 0.15) is 30.9 Å². The number of rotatable bonds is 6. The molecule has 2 fully saturated rings. The highest BCUT2D eigenvalue weighted by atomic mass is 32.2. The number of nitrogens with one attached hydrogen (secondary N) is 1. The molecule has 1 aromatic rings. The van der Waals surface area contributed by atoms with Crippen LogP contribution < -0.4 is 5.32 Å². The molecule has 1 unspecified atom stereocenters. The molecule has 7 heteroatoms. The molecule has 0 bridgehead atoms. The van der Waals surface area contributed by atoms with E-state index in [1.54, 1.807) is 12.1 Å². The topological polar surface area (TPSA) is 69.7 Å². The van der Waals surface area contributed by atoms with E-state index in [-0.39, 0.29) is 11.9 Å². The van der Waals surface area contributed by atoms with Crippen LogP contribution in [0.15, 0.2) is 23.1 Å². The minimum atomic E-state index is -3.47. The predicted octanol–water partition coefficient (Wildman–Crippen LogP) is 1.52. The highest BCUT2D eigenvalue weighted by molar-refractivity contribution is 7.89. The average molecular weight is 380 g/mol. The molecule has 6 nitrogen and oxygen atoms in total. The average Bonchev–Trinajstić information content (AvgIpc) is 3.42. The first-order valence-electron chi connectivity index (χ1n) is 9.36. The van der Waals surface area contributed by atoms with Gasteiger partial charge in [-0.1, -0.05) is 6.07 Å². The van der Waals surface area contributed by atoms with E-state index in [0.29, 0.717) is 43.5 Å². The molecule has 144 valence electrons. The summed E-state index contributed by atoms with van der Waals surface area (Å²) >= 11 is 0. The molecule has 1 saturated heterocycles. The molecule has 1 amide bonds. The van der Waals surface area contributed by atoms with Gasteiger partial charge in [0.25, 0.3) is 0 Å². The van der Waals surface area contributed by atoms with Crippen molar-refractivity contribution < 1.29 is 13.2 Å². The Bertz CT molecular complexity index is 766. The lowest BCUT2D eigenvalue weighted by Crippen LogP contribution is -2.51. The second-order valence-electron chi connectivity index (χ2n) is 7.62. The van der Waals surface area contributed by atoms with E-state index in [0.717, 1.165) is 11.1 Å². The first kappa shape index (κ1) is 19.3. The minimum Gasteiger partial charge on any atom is -0.352 e. The summed E-state index contributed by atoms with van der Waals surface area (Å²) in [6, 6.07) is 5.51. The first-order valence-corrected chi connectivity index (χ1v) is 10.8. The number of benzene rings is 1. The Morgan fingerprint density at radius 1 is 1.15 bits per heavy atom. The van der Waals surface area contributed by atoms with E-state index in [9.17, 15) is 13.2 Å². The molecule has 1 saturated carbocycles. The van der Waals surface area contributed by atoms with Gasteiger partial charge in [-0.25, -0.2) is 8.42 Å². The molecule has 0 aromatic heterocycles. The zero-order valence-electron chi connectivity index (χ0n) is 15.9. The van der Waals surface area contributed by atoms with Gasteiger partial charge in [0, 0.05) is 32.2 Å². The number of amides is 1. The maximum absolute atomic E-state index is 12.8. The van der Waals surface area contributed by atoms with Crippen LogP contribution in [0.4, 0.5) is 0 Å². The molecule has 1 heterocycles. The van der Waals surface area contributed by atoms with Crippen LogP contribution in [0.2, 0.25) is 0 Å². The number of carbonyl (C=O) groups excluding carboxylic acids is 1. The van der Waals surface area contributed by atoms with E-state index >= 15 is 0 Å². The van der Waals surface area contributed by atoms with Crippen molar-refractivity contribution in [2.75, 3.05) is 32.7 Å². The van der Waals surface area contributed by atoms with Crippen molar-refractivity contribution in [3.05, 3.63) is 29.3 Å². The molecule has 1 N–H and O–H groups in total. The number of nitrogens with zero attached hydrogens (tertiary/aromatic N) is 2. The zero-order valence-corrected chi connectivity index (χ0v) is 16.7. The number of piperazine rings is 1. The molecule has 1 aliphatic carbocycles. The highest BCUT2D eigenvalue weighted by Gasteiger charge is 2.31. The summed E-state index contributed by atoms with van der Waals surface area (Å²) in [5, 5.41) is 3.06. The Labute approximate surface area is 156 Å². The Balaban J connectivity index is 1.53. The van der Waals surface area contributed by atoms with Crippen molar-refractivity contribution in [3.63, 3.8) is 0 Å². The van der Waals surface area contributed by atoms with E-state index in [1.807, 2.05) is 24.8 Å².